The standard InChI is InChI=1S/C17H20N4O3/c1-3-23-9-8-21-14(10-12(2)20-21)17(22)18-11-16-19-13-6-4-5-7-15(13)24-16/h4-7,10H,3,8-9,11H2,1-2H3,(H,18,22). The number of amides is 1. The fourth-order valence-electron chi connectivity index (χ4n) is 2.44. The second kappa shape index (κ2) is 7.27. The van der Waals surface area contributed by atoms with E-state index in [-0.39, 0.29) is 12.5 Å². The van der Waals surface area contributed by atoms with Crippen LogP contribution in [0.2, 0.25) is 0 Å². The Kier molecular flexibility index (Phi) is 4.90. The van der Waals surface area contributed by atoms with Gasteiger partial charge in [-0.15, -0.1) is 0 Å². The zero-order valence-corrected chi connectivity index (χ0v) is 13.8. The van der Waals surface area contributed by atoms with Crippen molar-refractivity contribution in [1.29, 1.82) is 0 Å². The lowest BCUT2D eigenvalue weighted by atomic mass is 10.3. The molecule has 0 bridgehead atoms. The molecule has 2 aromatic heterocycles. The van der Waals surface area contributed by atoms with Gasteiger partial charge in [0.05, 0.1) is 25.4 Å². The van der Waals surface area contributed by atoms with E-state index in [0.717, 1.165) is 11.2 Å². The van der Waals surface area contributed by atoms with E-state index in [9.17, 15) is 4.79 Å². The molecule has 0 atom stereocenters. The van der Waals surface area contributed by atoms with Crippen molar-refractivity contribution in [1.82, 2.24) is 20.1 Å². The van der Waals surface area contributed by atoms with Crippen molar-refractivity contribution in [3.63, 3.8) is 0 Å². The van der Waals surface area contributed by atoms with E-state index in [0.29, 0.717) is 36.9 Å². The molecular formula is C17H20N4O3. The number of carbonyl (C=O) groups excluding carboxylic acids is 1. The molecule has 7 heteroatoms. The molecule has 0 unspecified atom stereocenters. The number of rotatable bonds is 7. The average molecular weight is 328 g/mol. The number of aromatic nitrogens is 3. The van der Waals surface area contributed by atoms with Crippen LogP contribution in [0.15, 0.2) is 34.7 Å². The van der Waals surface area contributed by atoms with Crippen LogP contribution in [0.5, 0.6) is 0 Å². The second-order valence-corrected chi connectivity index (χ2v) is 5.35. The highest BCUT2D eigenvalue weighted by atomic mass is 16.5. The minimum absolute atomic E-state index is 0.214. The molecule has 0 aliphatic heterocycles. The Morgan fingerprint density at radius 1 is 1.38 bits per heavy atom. The van der Waals surface area contributed by atoms with Crippen LogP contribution in [0.4, 0.5) is 0 Å². The molecule has 1 amide bonds. The van der Waals surface area contributed by atoms with Gasteiger partial charge < -0.3 is 14.5 Å². The quantitative estimate of drug-likeness (QED) is 0.673. The van der Waals surface area contributed by atoms with E-state index in [2.05, 4.69) is 15.4 Å². The molecule has 1 aromatic carbocycles. The summed E-state index contributed by atoms with van der Waals surface area (Å²) in [4.78, 5) is 16.8. The van der Waals surface area contributed by atoms with E-state index in [4.69, 9.17) is 9.15 Å². The maximum absolute atomic E-state index is 12.4. The van der Waals surface area contributed by atoms with Gasteiger partial charge in [0.1, 0.15) is 11.2 Å². The summed E-state index contributed by atoms with van der Waals surface area (Å²) >= 11 is 0. The van der Waals surface area contributed by atoms with E-state index >= 15 is 0 Å². The number of nitrogens with zero attached hydrogens (tertiary/aromatic N) is 3. The van der Waals surface area contributed by atoms with Crippen LogP contribution in [-0.2, 0) is 17.8 Å². The fraction of sp³-hybridized carbons (Fsp3) is 0.353. The molecule has 1 N–H and O–H groups in total. The number of nitrogens with one attached hydrogen (secondary N) is 1. The zero-order chi connectivity index (χ0) is 16.9. The number of benzene rings is 1. The monoisotopic (exact) mass is 328 g/mol. The summed E-state index contributed by atoms with van der Waals surface area (Å²) in [5.41, 5.74) is 2.78. The highest BCUT2D eigenvalue weighted by Crippen LogP contribution is 2.14. The molecule has 0 aliphatic carbocycles. The molecule has 126 valence electrons. The number of carbonyl (C=O) groups is 1. The molecule has 0 saturated heterocycles. The third kappa shape index (κ3) is 3.62. The lowest BCUT2D eigenvalue weighted by Crippen LogP contribution is -2.26. The molecule has 0 spiro atoms. The molecule has 3 aromatic rings. The minimum Gasteiger partial charge on any atom is -0.439 e. The van der Waals surface area contributed by atoms with Gasteiger partial charge in [-0.2, -0.15) is 5.10 Å². The van der Waals surface area contributed by atoms with Gasteiger partial charge in [0, 0.05) is 6.61 Å². The van der Waals surface area contributed by atoms with Crippen molar-refractivity contribution in [2.75, 3.05) is 13.2 Å². The number of aryl methyl sites for hydroxylation is 1. The van der Waals surface area contributed by atoms with E-state index < -0.39 is 0 Å². The molecule has 0 radical (unpaired) electrons. The van der Waals surface area contributed by atoms with Crippen LogP contribution < -0.4 is 5.32 Å². The van der Waals surface area contributed by atoms with Crippen LogP contribution >= 0.6 is 0 Å². The first-order valence-electron chi connectivity index (χ1n) is 7.92. The van der Waals surface area contributed by atoms with Crippen molar-refractivity contribution >= 4 is 17.0 Å². The van der Waals surface area contributed by atoms with Crippen LogP contribution in [0, 0.1) is 6.92 Å². The van der Waals surface area contributed by atoms with Crippen LogP contribution in [0.3, 0.4) is 0 Å². The van der Waals surface area contributed by atoms with Gasteiger partial charge in [-0.05, 0) is 32.0 Å². The predicted octanol–water partition coefficient (Wildman–Crippen LogP) is 2.30. The van der Waals surface area contributed by atoms with Gasteiger partial charge in [-0.3, -0.25) is 9.48 Å². The second-order valence-electron chi connectivity index (χ2n) is 5.35. The maximum atomic E-state index is 12.4. The number of oxazole rings is 1. The molecule has 0 aliphatic rings. The van der Waals surface area contributed by atoms with Gasteiger partial charge in [0.25, 0.3) is 5.91 Å². The molecule has 7 nitrogen and oxygen atoms in total. The first-order valence-corrected chi connectivity index (χ1v) is 7.92. The van der Waals surface area contributed by atoms with Crippen molar-refractivity contribution in [3.8, 4) is 0 Å². The average Bonchev–Trinajstić information content (AvgIpc) is 3.16. The number of fused-ring (bicyclic) bond motifs is 1. The van der Waals surface area contributed by atoms with Crippen molar-refractivity contribution in [2.45, 2.75) is 26.9 Å². The Morgan fingerprint density at radius 3 is 3.00 bits per heavy atom. The SMILES string of the molecule is CCOCCn1nc(C)cc1C(=O)NCc1nc2ccccc2o1. The summed E-state index contributed by atoms with van der Waals surface area (Å²) in [6.07, 6.45) is 0. The molecule has 3 rings (SSSR count). The first kappa shape index (κ1) is 16.2. The van der Waals surface area contributed by atoms with Gasteiger partial charge in [-0.25, -0.2) is 4.98 Å². The number of para-hydroxylation sites is 2. The Morgan fingerprint density at radius 2 is 2.21 bits per heavy atom. The predicted molar refractivity (Wildman–Crippen MR) is 88.6 cm³/mol. The van der Waals surface area contributed by atoms with Crippen molar-refractivity contribution < 1.29 is 13.9 Å². The van der Waals surface area contributed by atoms with Gasteiger partial charge in [0.2, 0.25) is 5.89 Å². The molecule has 2 heterocycles. The van der Waals surface area contributed by atoms with Gasteiger partial charge in [-0.1, -0.05) is 12.1 Å². The Balaban J connectivity index is 1.66. The minimum atomic E-state index is -0.214. The fourth-order valence-corrected chi connectivity index (χ4v) is 2.44. The van der Waals surface area contributed by atoms with Crippen LogP contribution in [0.1, 0.15) is 29.0 Å². The van der Waals surface area contributed by atoms with Gasteiger partial charge >= 0.3 is 0 Å². The Bertz CT molecular complexity index is 804. The van der Waals surface area contributed by atoms with E-state index in [1.165, 1.54) is 0 Å². The van der Waals surface area contributed by atoms with E-state index in [1.807, 2.05) is 38.1 Å². The highest BCUT2D eigenvalue weighted by Gasteiger charge is 2.15. The summed E-state index contributed by atoms with van der Waals surface area (Å²) in [5.74, 6) is 0.260. The third-order valence-electron chi connectivity index (χ3n) is 3.52. The number of hydrogen-bond acceptors (Lipinski definition) is 5. The van der Waals surface area contributed by atoms with Crippen LogP contribution in [0.25, 0.3) is 11.1 Å². The van der Waals surface area contributed by atoms with Gasteiger partial charge in [0.15, 0.2) is 5.58 Å². The van der Waals surface area contributed by atoms with Crippen molar-refractivity contribution in [2.24, 2.45) is 0 Å². The highest BCUT2D eigenvalue weighted by molar-refractivity contribution is 5.92. The topological polar surface area (TPSA) is 82.2 Å². The zero-order valence-electron chi connectivity index (χ0n) is 13.8. The largest absolute Gasteiger partial charge is 0.439 e. The summed E-state index contributed by atoms with van der Waals surface area (Å²) in [6.45, 7) is 5.70. The summed E-state index contributed by atoms with van der Waals surface area (Å²) in [5, 5.41) is 7.15. The van der Waals surface area contributed by atoms with E-state index in [1.54, 1.807) is 10.7 Å². The Hall–Kier alpha value is -2.67. The lowest BCUT2D eigenvalue weighted by molar-refractivity contribution is 0.0929. The third-order valence-corrected chi connectivity index (χ3v) is 3.52. The number of ether oxygens (including phenoxy) is 1. The maximum Gasteiger partial charge on any atom is 0.269 e. The van der Waals surface area contributed by atoms with Crippen LogP contribution in [-0.4, -0.2) is 33.9 Å². The Labute approximate surface area is 139 Å². The summed E-state index contributed by atoms with van der Waals surface area (Å²) < 4.78 is 12.6. The lowest BCUT2D eigenvalue weighted by Gasteiger charge is -2.07. The molecule has 24 heavy (non-hydrogen) atoms. The molecule has 0 fully saturated rings. The summed E-state index contributed by atoms with van der Waals surface area (Å²) in [6, 6.07) is 9.26. The smallest absolute Gasteiger partial charge is 0.269 e. The molecule has 0 saturated carbocycles. The summed E-state index contributed by atoms with van der Waals surface area (Å²) in [7, 11) is 0. The number of hydrogen-bond donors (Lipinski definition) is 1. The normalized spacial score (nSPS) is 11.1. The van der Waals surface area contributed by atoms with Crippen molar-refractivity contribution in [3.05, 3.63) is 47.6 Å². The molecular weight excluding hydrogens is 308 g/mol. The first-order chi connectivity index (χ1) is 11.7.